The highest BCUT2D eigenvalue weighted by Gasteiger charge is 2.53. The number of carbonyl (C=O) groups is 1. The number of rotatable bonds is 2. The molecule has 4 rings (SSSR count). The Morgan fingerprint density at radius 1 is 1.32 bits per heavy atom. The summed E-state index contributed by atoms with van der Waals surface area (Å²) in [7, 11) is 0. The Labute approximate surface area is 131 Å². The smallest absolute Gasteiger partial charge is 0.416 e. The molecule has 1 saturated carbocycles. The van der Waals surface area contributed by atoms with Crippen LogP contribution >= 0.6 is 11.3 Å². The SMILES string of the molecule is N#Cc1ccc(-c2csc(N3C(=O)OCC34CCC4)n2)cc1. The first-order chi connectivity index (χ1) is 10.7. The van der Waals surface area contributed by atoms with Gasteiger partial charge in [-0.15, -0.1) is 11.3 Å². The number of anilines is 1. The van der Waals surface area contributed by atoms with Gasteiger partial charge >= 0.3 is 6.09 Å². The molecule has 0 radical (unpaired) electrons. The quantitative estimate of drug-likeness (QED) is 0.850. The average molecular weight is 311 g/mol. The molecule has 1 aliphatic carbocycles. The molecule has 1 aliphatic heterocycles. The molecular formula is C16H13N3O2S. The maximum Gasteiger partial charge on any atom is 0.416 e. The molecule has 2 aromatic rings. The Morgan fingerprint density at radius 3 is 2.73 bits per heavy atom. The molecule has 0 bridgehead atoms. The van der Waals surface area contributed by atoms with Crippen LogP contribution in [0.5, 0.6) is 0 Å². The fraction of sp³-hybridized carbons (Fsp3) is 0.312. The topological polar surface area (TPSA) is 66.2 Å². The van der Waals surface area contributed by atoms with Gasteiger partial charge in [0.25, 0.3) is 0 Å². The molecule has 0 N–H and O–H groups in total. The van der Waals surface area contributed by atoms with E-state index in [4.69, 9.17) is 10.00 Å². The van der Waals surface area contributed by atoms with Crippen LogP contribution < -0.4 is 4.90 Å². The molecule has 2 fully saturated rings. The highest BCUT2D eigenvalue weighted by atomic mass is 32.1. The van der Waals surface area contributed by atoms with E-state index in [1.807, 2.05) is 17.5 Å². The minimum Gasteiger partial charge on any atom is -0.447 e. The fourth-order valence-corrected chi connectivity index (χ4v) is 3.90. The van der Waals surface area contributed by atoms with Crippen molar-refractivity contribution in [2.24, 2.45) is 0 Å². The van der Waals surface area contributed by atoms with E-state index in [0.29, 0.717) is 17.3 Å². The Balaban J connectivity index is 1.66. The summed E-state index contributed by atoms with van der Waals surface area (Å²) < 4.78 is 5.24. The van der Waals surface area contributed by atoms with Crippen molar-refractivity contribution < 1.29 is 9.53 Å². The summed E-state index contributed by atoms with van der Waals surface area (Å²) in [6.07, 6.45) is 2.79. The van der Waals surface area contributed by atoms with Gasteiger partial charge in [-0.1, -0.05) is 12.1 Å². The first-order valence-corrected chi connectivity index (χ1v) is 8.03. The monoisotopic (exact) mass is 311 g/mol. The lowest BCUT2D eigenvalue weighted by Gasteiger charge is -2.41. The summed E-state index contributed by atoms with van der Waals surface area (Å²) in [6, 6.07) is 9.39. The van der Waals surface area contributed by atoms with Crippen molar-refractivity contribution in [1.29, 1.82) is 5.26 Å². The van der Waals surface area contributed by atoms with E-state index in [1.54, 1.807) is 17.0 Å². The van der Waals surface area contributed by atoms with Crippen LogP contribution in [0.4, 0.5) is 9.93 Å². The second kappa shape index (κ2) is 4.82. The van der Waals surface area contributed by atoms with Crippen LogP contribution in [0.15, 0.2) is 29.6 Å². The zero-order valence-electron chi connectivity index (χ0n) is 11.8. The third kappa shape index (κ3) is 1.90. The van der Waals surface area contributed by atoms with E-state index in [2.05, 4.69) is 11.1 Å². The highest BCUT2D eigenvalue weighted by Crippen LogP contribution is 2.45. The van der Waals surface area contributed by atoms with Crippen LogP contribution in [-0.4, -0.2) is 23.2 Å². The predicted molar refractivity (Wildman–Crippen MR) is 82.7 cm³/mol. The number of hydrogen-bond acceptors (Lipinski definition) is 5. The van der Waals surface area contributed by atoms with Crippen LogP contribution in [0.3, 0.4) is 0 Å². The van der Waals surface area contributed by atoms with Gasteiger partial charge in [0.2, 0.25) is 0 Å². The Kier molecular flexibility index (Phi) is 2.91. The van der Waals surface area contributed by atoms with E-state index in [-0.39, 0.29) is 11.6 Å². The molecule has 6 heteroatoms. The second-order valence-electron chi connectivity index (χ2n) is 5.67. The Bertz CT molecular complexity index is 771. The number of nitriles is 1. The second-order valence-corrected chi connectivity index (χ2v) is 6.51. The summed E-state index contributed by atoms with van der Waals surface area (Å²) in [5.74, 6) is 0. The normalized spacial score (nSPS) is 18.9. The predicted octanol–water partition coefficient (Wildman–Crippen LogP) is 3.56. The van der Waals surface area contributed by atoms with Gasteiger partial charge in [0.15, 0.2) is 5.13 Å². The van der Waals surface area contributed by atoms with Gasteiger partial charge in [-0.25, -0.2) is 14.7 Å². The molecule has 0 unspecified atom stereocenters. The molecule has 1 aromatic heterocycles. The van der Waals surface area contributed by atoms with E-state index < -0.39 is 0 Å². The zero-order chi connectivity index (χ0) is 15.2. The number of ether oxygens (including phenoxy) is 1. The van der Waals surface area contributed by atoms with Gasteiger partial charge in [-0.05, 0) is 31.4 Å². The Morgan fingerprint density at radius 2 is 2.09 bits per heavy atom. The zero-order valence-corrected chi connectivity index (χ0v) is 12.6. The number of nitrogens with zero attached hydrogens (tertiary/aromatic N) is 3. The van der Waals surface area contributed by atoms with Gasteiger partial charge in [0, 0.05) is 10.9 Å². The molecule has 1 saturated heterocycles. The molecule has 1 aromatic carbocycles. The van der Waals surface area contributed by atoms with Crippen LogP contribution in [0.2, 0.25) is 0 Å². The first-order valence-electron chi connectivity index (χ1n) is 7.15. The molecule has 1 amide bonds. The van der Waals surface area contributed by atoms with E-state index >= 15 is 0 Å². The molecule has 2 aliphatic rings. The number of carbonyl (C=O) groups excluding carboxylic acids is 1. The lowest BCUT2D eigenvalue weighted by atomic mass is 9.77. The van der Waals surface area contributed by atoms with E-state index in [1.165, 1.54) is 11.3 Å². The standard InChI is InChI=1S/C16H13N3O2S/c17-8-11-2-4-12(5-3-11)13-9-22-14(18-13)19-15(20)21-10-16(19)6-1-7-16/h2-5,9H,1,6-7,10H2. The molecule has 22 heavy (non-hydrogen) atoms. The van der Waals surface area contributed by atoms with E-state index in [0.717, 1.165) is 30.5 Å². The summed E-state index contributed by atoms with van der Waals surface area (Å²) in [5.41, 5.74) is 2.21. The lowest BCUT2D eigenvalue weighted by molar-refractivity contribution is 0.154. The lowest BCUT2D eigenvalue weighted by Crippen LogP contribution is -2.52. The summed E-state index contributed by atoms with van der Waals surface area (Å²) >= 11 is 1.46. The van der Waals surface area contributed by atoms with Crippen molar-refractivity contribution in [2.45, 2.75) is 24.8 Å². The van der Waals surface area contributed by atoms with Crippen molar-refractivity contribution in [1.82, 2.24) is 4.98 Å². The number of benzene rings is 1. The highest BCUT2D eigenvalue weighted by molar-refractivity contribution is 7.14. The van der Waals surface area contributed by atoms with Crippen LogP contribution in [-0.2, 0) is 4.74 Å². The third-order valence-electron chi connectivity index (χ3n) is 4.40. The van der Waals surface area contributed by atoms with Crippen molar-refractivity contribution in [2.75, 3.05) is 11.5 Å². The van der Waals surface area contributed by atoms with Crippen molar-refractivity contribution in [3.8, 4) is 17.3 Å². The fourth-order valence-electron chi connectivity index (χ4n) is 2.97. The minimum absolute atomic E-state index is 0.170. The van der Waals surface area contributed by atoms with Crippen molar-refractivity contribution >= 4 is 22.6 Å². The van der Waals surface area contributed by atoms with Crippen molar-refractivity contribution in [3.63, 3.8) is 0 Å². The van der Waals surface area contributed by atoms with Crippen LogP contribution in [0, 0.1) is 11.3 Å². The number of thiazole rings is 1. The molecule has 1 spiro atoms. The molecule has 110 valence electrons. The molecule has 2 heterocycles. The number of amides is 1. The van der Waals surface area contributed by atoms with Gasteiger partial charge in [-0.2, -0.15) is 5.26 Å². The number of cyclic esters (lactones) is 1. The van der Waals surface area contributed by atoms with Gasteiger partial charge < -0.3 is 4.74 Å². The Hall–Kier alpha value is -2.39. The summed E-state index contributed by atoms with van der Waals surface area (Å²) in [4.78, 5) is 18.4. The van der Waals surface area contributed by atoms with Crippen LogP contribution in [0.1, 0.15) is 24.8 Å². The maximum absolute atomic E-state index is 12.0. The summed E-state index contributed by atoms with van der Waals surface area (Å²) in [6.45, 7) is 0.470. The molecule has 0 atom stereocenters. The largest absolute Gasteiger partial charge is 0.447 e. The van der Waals surface area contributed by atoms with Crippen molar-refractivity contribution in [3.05, 3.63) is 35.2 Å². The first kappa shape index (κ1) is 13.3. The maximum atomic E-state index is 12.0. The molecular weight excluding hydrogens is 298 g/mol. The van der Waals surface area contributed by atoms with Gasteiger partial charge in [0.05, 0.1) is 22.9 Å². The minimum atomic E-state index is -0.291. The molecule has 5 nitrogen and oxygen atoms in total. The number of aromatic nitrogens is 1. The van der Waals surface area contributed by atoms with Gasteiger partial charge in [0.1, 0.15) is 6.61 Å². The summed E-state index contributed by atoms with van der Waals surface area (Å²) in [5, 5.41) is 11.5. The third-order valence-corrected chi connectivity index (χ3v) is 5.22. The van der Waals surface area contributed by atoms with E-state index in [9.17, 15) is 4.79 Å². The average Bonchev–Trinajstić information content (AvgIpc) is 3.11. The van der Waals surface area contributed by atoms with Crippen LogP contribution in [0.25, 0.3) is 11.3 Å². The van der Waals surface area contributed by atoms with Gasteiger partial charge in [-0.3, -0.25) is 0 Å². The number of hydrogen-bond donors (Lipinski definition) is 0.